The van der Waals surface area contributed by atoms with Gasteiger partial charge < -0.3 is 18.8 Å². The lowest BCUT2D eigenvalue weighted by molar-refractivity contribution is 0.121. The molecule has 1 aromatic heterocycles. The van der Waals surface area contributed by atoms with Crippen molar-refractivity contribution in [1.82, 2.24) is 4.57 Å². The average molecular weight is 430 g/mol. The zero-order valence-electron chi connectivity index (χ0n) is 18.5. The van der Waals surface area contributed by atoms with Crippen LogP contribution in [0.4, 0.5) is 0 Å². The number of allylic oxidation sites excluding steroid dienone is 1. The van der Waals surface area contributed by atoms with Crippen LogP contribution in [0.5, 0.6) is 17.2 Å². The monoisotopic (exact) mass is 429 g/mol. The molecular formula is C27H27NO4. The molecule has 164 valence electrons. The van der Waals surface area contributed by atoms with Gasteiger partial charge in [-0.3, -0.25) is 4.79 Å². The summed E-state index contributed by atoms with van der Waals surface area (Å²) in [5.74, 6) is 2.43. The molecule has 2 aliphatic carbocycles. The van der Waals surface area contributed by atoms with Gasteiger partial charge in [0.25, 0.3) is 5.56 Å². The van der Waals surface area contributed by atoms with E-state index in [1.54, 1.807) is 18.7 Å². The van der Waals surface area contributed by atoms with Gasteiger partial charge in [-0.2, -0.15) is 0 Å². The molecule has 1 fully saturated rings. The second kappa shape index (κ2) is 8.58. The minimum Gasteiger partial charge on any atom is -0.497 e. The molecule has 1 heterocycles. The van der Waals surface area contributed by atoms with Gasteiger partial charge in [-0.05, 0) is 67.1 Å². The lowest BCUT2D eigenvalue weighted by Crippen LogP contribution is -2.25. The topological polar surface area (TPSA) is 49.7 Å². The van der Waals surface area contributed by atoms with Gasteiger partial charge >= 0.3 is 0 Å². The number of aromatic nitrogens is 1. The largest absolute Gasteiger partial charge is 0.497 e. The third-order valence-corrected chi connectivity index (χ3v) is 6.27. The molecule has 0 saturated heterocycles. The van der Waals surface area contributed by atoms with E-state index in [0.29, 0.717) is 13.0 Å². The van der Waals surface area contributed by atoms with Gasteiger partial charge in [0.1, 0.15) is 23.9 Å². The molecule has 0 radical (unpaired) electrons. The number of hydrogen-bond acceptors (Lipinski definition) is 4. The first-order chi connectivity index (χ1) is 15.6. The SMILES string of the molecule is COc1ccc(COc2ccc(OC3CCC3)c(-c3cn(C)c(=O)c4c3C=CC4)c2)cc1. The number of rotatable bonds is 7. The number of pyridine rings is 1. The molecule has 0 unspecified atom stereocenters. The van der Waals surface area contributed by atoms with Crippen LogP contribution in [0, 0.1) is 0 Å². The predicted octanol–water partition coefficient (Wildman–Crippen LogP) is 5.14. The van der Waals surface area contributed by atoms with E-state index in [0.717, 1.165) is 57.9 Å². The zero-order chi connectivity index (χ0) is 22.1. The summed E-state index contributed by atoms with van der Waals surface area (Å²) in [6.45, 7) is 0.456. The average Bonchev–Trinajstić information content (AvgIpc) is 3.28. The Morgan fingerprint density at radius 3 is 2.53 bits per heavy atom. The summed E-state index contributed by atoms with van der Waals surface area (Å²) in [7, 11) is 3.46. The van der Waals surface area contributed by atoms with Gasteiger partial charge in [-0.25, -0.2) is 0 Å². The van der Waals surface area contributed by atoms with Crippen molar-refractivity contribution < 1.29 is 14.2 Å². The number of fused-ring (bicyclic) bond motifs is 1. The molecule has 2 aromatic carbocycles. The van der Waals surface area contributed by atoms with E-state index in [1.807, 2.05) is 60.8 Å². The van der Waals surface area contributed by atoms with Crippen LogP contribution in [-0.2, 0) is 20.1 Å². The Hall–Kier alpha value is -3.47. The highest BCUT2D eigenvalue weighted by Crippen LogP contribution is 2.39. The molecule has 0 aliphatic heterocycles. The summed E-state index contributed by atoms with van der Waals surface area (Å²) in [6.07, 6.45) is 10.3. The van der Waals surface area contributed by atoms with Crippen molar-refractivity contribution in [3.63, 3.8) is 0 Å². The summed E-state index contributed by atoms with van der Waals surface area (Å²) in [5, 5.41) is 0. The Kier molecular flexibility index (Phi) is 5.48. The summed E-state index contributed by atoms with van der Waals surface area (Å²) in [4.78, 5) is 12.6. The summed E-state index contributed by atoms with van der Waals surface area (Å²) in [6, 6.07) is 13.8. The molecule has 5 rings (SSSR count). The lowest BCUT2D eigenvalue weighted by Gasteiger charge is -2.28. The van der Waals surface area contributed by atoms with Crippen molar-refractivity contribution in [3.8, 4) is 28.4 Å². The van der Waals surface area contributed by atoms with Crippen molar-refractivity contribution in [2.45, 2.75) is 38.4 Å². The van der Waals surface area contributed by atoms with E-state index < -0.39 is 0 Å². The van der Waals surface area contributed by atoms with Gasteiger partial charge in [0, 0.05) is 29.9 Å². The number of methoxy groups -OCH3 is 1. The predicted molar refractivity (Wildman–Crippen MR) is 125 cm³/mol. The highest BCUT2D eigenvalue weighted by molar-refractivity contribution is 5.82. The molecular weight excluding hydrogens is 402 g/mol. The number of benzene rings is 2. The highest BCUT2D eigenvalue weighted by atomic mass is 16.5. The molecule has 0 spiro atoms. The molecule has 32 heavy (non-hydrogen) atoms. The van der Waals surface area contributed by atoms with Gasteiger partial charge in [-0.15, -0.1) is 0 Å². The van der Waals surface area contributed by atoms with E-state index in [-0.39, 0.29) is 11.7 Å². The molecule has 2 aliphatic rings. The van der Waals surface area contributed by atoms with Gasteiger partial charge in [0.15, 0.2) is 0 Å². The normalized spacial score (nSPS) is 14.7. The summed E-state index contributed by atoms with van der Waals surface area (Å²) < 4.78 is 19.3. The molecule has 5 heteroatoms. The first-order valence-electron chi connectivity index (χ1n) is 11.1. The van der Waals surface area contributed by atoms with Gasteiger partial charge in [0.05, 0.1) is 13.2 Å². The van der Waals surface area contributed by atoms with E-state index in [9.17, 15) is 4.79 Å². The number of aryl methyl sites for hydroxylation is 1. The van der Waals surface area contributed by atoms with Crippen LogP contribution in [0.1, 0.15) is 36.0 Å². The summed E-state index contributed by atoms with van der Waals surface area (Å²) >= 11 is 0. The summed E-state index contributed by atoms with van der Waals surface area (Å²) in [5.41, 5.74) is 4.90. The van der Waals surface area contributed by atoms with Crippen molar-refractivity contribution in [3.05, 3.63) is 81.8 Å². The molecule has 0 amide bonds. The van der Waals surface area contributed by atoms with Crippen LogP contribution < -0.4 is 19.8 Å². The maximum Gasteiger partial charge on any atom is 0.254 e. The third-order valence-electron chi connectivity index (χ3n) is 6.27. The van der Waals surface area contributed by atoms with Crippen LogP contribution in [-0.4, -0.2) is 17.8 Å². The maximum absolute atomic E-state index is 12.6. The zero-order valence-corrected chi connectivity index (χ0v) is 18.5. The number of nitrogens with zero attached hydrogens (tertiary/aromatic N) is 1. The second-order valence-corrected chi connectivity index (χ2v) is 8.42. The lowest BCUT2D eigenvalue weighted by atomic mass is 9.95. The molecule has 0 bridgehead atoms. The third kappa shape index (κ3) is 3.91. The van der Waals surface area contributed by atoms with Crippen LogP contribution >= 0.6 is 0 Å². The van der Waals surface area contributed by atoms with Crippen LogP contribution in [0.25, 0.3) is 17.2 Å². The van der Waals surface area contributed by atoms with Crippen molar-refractivity contribution in [1.29, 1.82) is 0 Å². The fourth-order valence-electron chi connectivity index (χ4n) is 4.18. The number of ether oxygens (including phenoxy) is 3. The van der Waals surface area contributed by atoms with Crippen molar-refractivity contribution >= 4 is 6.08 Å². The molecule has 3 aromatic rings. The first kappa shape index (κ1) is 20.4. The fraction of sp³-hybridized carbons (Fsp3) is 0.296. The Morgan fingerprint density at radius 2 is 1.81 bits per heavy atom. The maximum atomic E-state index is 12.6. The van der Waals surface area contributed by atoms with Crippen molar-refractivity contribution in [2.24, 2.45) is 7.05 Å². The minimum absolute atomic E-state index is 0.0575. The Labute approximate surface area is 187 Å². The van der Waals surface area contributed by atoms with Gasteiger partial charge in [0.2, 0.25) is 0 Å². The first-order valence-corrected chi connectivity index (χ1v) is 11.1. The van der Waals surface area contributed by atoms with Crippen LogP contribution in [0.2, 0.25) is 0 Å². The molecule has 0 N–H and O–H groups in total. The quantitative estimate of drug-likeness (QED) is 0.522. The molecule has 0 atom stereocenters. The highest BCUT2D eigenvalue weighted by Gasteiger charge is 2.24. The minimum atomic E-state index is 0.0575. The van der Waals surface area contributed by atoms with E-state index in [2.05, 4.69) is 0 Å². The fourth-order valence-corrected chi connectivity index (χ4v) is 4.18. The van der Waals surface area contributed by atoms with E-state index in [4.69, 9.17) is 14.2 Å². The molecule has 1 saturated carbocycles. The standard InChI is InChI=1S/C27H27NO4/c1-28-16-25(22-7-4-8-23(22)27(28)29)24-15-21(13-14-26(24)32-20-5-3-6-20)31-17-18-9-11-19(30-2)12-10-18/h4,7,9-16,20H,3,5-6,8,17H2,1-2H3. The Bertz CT molecular complexity index is 1220. The van der Waals surface area contributed by atoms with Crippen LogP contribution in [0.3, 0.4) is 0 Å². The van der Waals surface area contributed by atoms with Crippen LogP contribution in [0.15, 0.2) is 59.5 Å². The molecule has 5 nitrogen and oxygen atoms in total. The second-order valence-electron chi connectivity index (χ2n) is 8.42. The van der Waals surface area contributed by atoms with E-state index in [1.165, 1.54) is 6.42 Å². The Balaban J connectivity index is 1.49. The number of hydrogen-bond donors (Lipinski definition) is 0. The van der Waals surface area contributed by atoms with Crippen molar-refractivity contribution in [2.75, 3.05) is 7.11 Å². The Morgan fingerprint density at radius 1 is 1.03 bits per heavy atom. The van der Waals surface area contributed by atoms with Gasteiger partial charge in [-0.1, -0.05) is 24.3 Å². The van der Waals surface area contributed by atoms with E-state index >= 15 is 0 Å². The smallest absolute Gasteiger partial charge is 0.254 e.